The highest BCUT2D eigenvalue weighted by Crippen LogP contribution is 2.23. The van der Waals surface area contributed by atoms with E-state index in [0.717, 1.165) is 70.6 Å². The Labute approximate surface area is 524 Å². The van der Waals surface area contributed by atoms with Crippen LogP contribution in [-0.4, -0.2) is 87.5 Å². The Kier molecular flexibility index (Phi) is 60.9. The first-order valence-corrected chi connectivity index (χ1v) is 36.3. The van der Waals surface area contributed by atoms with Crippen molar-refractivity contribution in [3.63, 3.8) is 0 Å². The van der Waals surface area contributed by atoms with Crippen LogP contribution in [0, 0.1) is 0 Å². The van der Waals surface area contributed by atoms with Crippen molar-refractivity contribution in [3.8, 4) is 0 Å². The molecule has 0 radical (unpaired) electrons. The Morgan fingerprint density at radius 3 is 1.13 bits per heavy atom. The molecule has 1 saturated heterocycles. The molecular weight excluding hydrogens is 1050 g/mol. The molecule has 85 heavy (non-hydrogen) atoms. The molecule has 1 aliphatic heterocycles. The van der Waals surface area contributed by atoms with Crippen LogP contribution in [0.2, 0.25) is 0 Å². The molecular formula is C76H137NO8. The Morgan fingerprint density at radius 2 is 0.741 bits per heavy atom. The van der Waals surface area contributed by atoms with Gasteiger partial charge in [0, 0.05) is 6.42 Å². The number of aliphatic hydroxyl groups is 5. The fourth-order valence-corrected chi connectivity index (χ4v) is 11.3. The molecule has 9 nitrogen and oxygen atoms in total. The third-order valence-corrected chi connectivity index (χ3v) is 16.9. The van der Waals surface area contributed by atoms with E-state index in [1.807, 2.05) is 6.08 Å². The summed E-state index contributed by atoms with van der Waals surface area (Å²) in [6, 6.07) is -0.831. The summed E-state index contributed by atoms with van der Waals surface area (Å²) < 4.78 is 11.3. The number of carbonyl (C=O) groups is 1. The maximum absolute atomic E-state index is 13.1. The normalized spacial score (nSPS) is 18.6. The van der Waals surface area contributed by atoms with Gasteiger partial charge >= 0.3 is 0 Å². The van der Waals surface area contributed by atoms with Crippen LogP contribution >= 0.6 is 0 Å². The van der Waals surface area contributed by atoms with E-state index in [-0.39, 0.29) is 12.5 Å². The van der Waals surface area contributed by atoms with Gasteiger partial charge in [0.05, 0.1) is 25.4 Å². The number of aliphatic hydroxyl groups excluding tert-OH is 5. The van der Waals surface area contributed by atoms with Gasteiger partial charge < -0.3 is 40.3 Å². The standard InChI is InChI=1S/C76H137NO8/c1-3-5-7-9-11-13-15-17-19-21-23-25-27-29-30-31-32-33-34-35-36-37-38-39-40-42-44-46-48-50-52-54-56-58-60-62-64-66-72(80)77-69(68-84-76-75(83)74(82)73(81)71(67-78)85-76)70(79)65-63-61-59-57-55-53-51-49-47-45-43-41-28-26-24-22-20-18-16-14-12-10-8-6-4-2/h5,7,11,13,17,19,23,25,47,49,55,57,63,65,69-71,73-76,78-79,81-83H,3-4,6,8-10,12,14-16,18,20-22,24,26-46,48,50-54,56,58-62,64,66-68H2,1-2H3,(H,77,80)/b7-5-,13-11-,19-17-,25-23-,49-47+,57-55+,65-63+. The van der Waals surface area contributed by atoms with Crippen molar-refractivity contribution < 1.29 is 39.8 Å². The van der Waals surface area contributed by atoms with Gasteiger partial charge in [-0.05, 0) is 83.5 Å². The summed E-state index contributed by atoms with van der Waals surface area (Å²) in [6.07, 6.45) is 85.6. The topological polar surface area (TPSA) is 149 Å². The van der Waals surface area contributed by atoms with E-state index in [4.69, 9.17) is 9.47 Å². The van der Waals surface area contributed by atoms with Crippen molar-refractivity contribution in [1.82, 2.24) is 5.32 Å². The number of hydrogen-bond acceptors (Lipinski definition) is 8. The number of rotatable bonds is 63. The van der Waals surface area contributed by atoms with Crippen molar-refractivity contribution in [1.29, 1.82) is 0 Å². The molecule has 0 bridgehead atoms. The zero-order valence-electron chi connectivity index (χ0n) is 55.4. The van der Waals surface area contributed by atoms with E-state index < -0.39 is 49.5 Å². The van der Waals surface area contributed by atoms with E-state index in [1.165, 1.54) is 244 Å². The predicted molar refractivity (Wildman–Crippen MR) is 364 cm³/mol. The quantitative estimate of drug-likeness (QED) is 0.0261. The largest absolute Gasteiger partial charge is 0.394 e. The van der Waals surface area contributed by atoms with E-state index >= 15 is 0 Å². The molecule has 1 heterocycles. The second kappa shape index (κ2) is 64.4. The van der Waals surface area contributed by atoms with Crippen molar-refractivity contribution in [2.45, 2.75) is 378 Å². The van der Waals surface area contributed by atoms with Crippen LogP contribution in [0.1, 0.15) is 335 Å². The van der Waals surface area contributed by atoms with Crippen LogP contribution in [0.25, 0.3) is 0 Å². The second-order valence-corrected chi connectivity index (χ2v) is 25.0. The second-order valence-electron chi connectivity index (χ2n) is 25.0. The van der Waals surface area contributed by atoms with Crippen molar-refractivity contribution in [2.75, 3.05) is 13.2 Å². The predicted octanol–water partition coefficient (Wildman–Crippen LogP) is 20.1. The molecule has 0 aromatic heterocycles. The first kappa shape index (κ1) is 80.4. The third-order valence-electron chi connectivity index (χ3n) is 16.9. The van der Waals surface area contributed by atoms with E-state index in [1.54, 1.807) is 6.08 Å². The fourth-order valence-electron chi connectivity index (χ4n) is 11.3. The first-order valence-electron chi connectivity index (χ1n) is 36.3. The summed E-state index contributed by atoms with van der Waals surface area (Å²) in [7, 11) is 0. The fraction of sp³-hybridized carbons (Fsp3) is 0.803. The molecule has 0 saturated carbocycles. The number of carbonyl (C=O) groups excluding carboxylic acids is 1. The zero-order chi connectivity index (χ0) is 61.4. The molecule has 1 rings (SSSR count). The summed E-state index contributed by atoms with van der Waals surface area (Å²) in [4.78, 5) is 13.1. The highest BCUT2D eigenvalue weighted by atomic mass is 16.7. The van der Waals surface area contributed by atoms with Crippen molar-refractivity contribution in [3.05, 3.63) is 85.1 Å². The molecule has 0 spiro atoms. The highest BCUT2D eigenvalue weighted by molar-refractivity contribution is 5.76. The van der Waals surface area contributed by atoms with Crippen LogP contribution in [-0.2, 0) is 14.3 Å². The van der Waals surface area contributed by atoms with Gasteiger partial charge in [0.15, 0.2) is 6.29 Å². The maximum Gasteiger partial charge on any atom is 0.220 e. The van der Waals surface area contributed by atoms with Crippen LogP contribution < -0.4 is 5.32 Å². The van der Waals surface area contributed by atoms with Crippen LogP contribution in [0.4, 0.5) is 0 Å². The molecule has 0 aliphatic carbocycles. The average molecular weight is 1190 g/mol. The van der Waals surface area contributed by atoms with Gasteiger partial charge in [-0.1, -0.05) is 330 Å². The van der Waals surface area contributed by atoms with E-state index in [9.17, 15) is 30.3 Å². The lowest BCUT2D eigenvalue weighted by Gasteiger charge is -2.40. The average Bonchev–Trinajstić information content (AvgIpc) is 3.57. The molecule has 1 amide bonds. The van der Waals surface area contributed by atoms with E-state index in [0.29, 0.717) is 6.42 Å². The Morgan fingerprint density at radius 1 is 0.412 bits per heavy atom. The SMILES string of the molecule is CC/C=C\C/C=C\C/C=C\C/C=C\CCCCCCCCCCCCCCCCCCCCCCCCCCC(=O)NC(COC1OC(CO)C(O)C(O)C1O)C(O)/C=C/CC/C=C/CC/C=C/CCCCCCCCCCCCCCCCC. The van der Waals surface area contributed by atoms with Gasteiger partial charge in [0.25, 0.3) is 0 Å². The molecule has 0 aromatic rings. The number of ether oxygens (including phenoxy) is 2. The molecule has 6 N–H and O–H groups in total. The summed E-state index contributed by atoms with van der Waals surface area (Å²) in [5, 5.41) is 54.7. The Hall–Kier alpha value is -2.63. The lowest BCUT2D eigenvalue weighted by Crippen LogP contribution is -2.60. The maximum atomic E-state index is 13.1. The summed E-state index contributed by atoms with van der Waals surface area (Å²) in [5.74, 6) is -0.186. The summed E-state index contributed by atoms with van der Waals surface area (Å²) in [6.45, 7) is 3.68. The van der Waals surface area contributed by atoms with Crippen molar-refractivity contribution >= 4 is 5.91 Å². The zero-order valence-corrected chi connectivity index (χ0v) is 55.4. The Balaban J connectivity index is 2.11. The minimum Gasteiger partial charge on any atom is -0.394 e. The number of hydrogen-bond donors (Lipinski definition) is 6. The van der Waals surface area contributed by atoms with Crippen molar-refractivity contribution in [2.24, 2.45) is 0 Å². The first-order chi connectivity index (χ1) is 41.8. The number of unbranched alkanes of at least 4 members (excludes halogenated alkanes) is 41. The molecule has 7 atom stereocenters. The monoisotopic (exact) mass is 1190 g/mol. The smallest absolute Gasteiger partial charge is 0.220 e. The van der Waals surface area contributed by atoms with Gasteiger partial charge in [0.2, 0.25) is 5.91 Å². The molecule has 1 aliphatic rings. The van der Waals surface area contributed by atoms with Gasteiger partial charge in [-0.15, -0.1) is 0 Å². The van der Waals surface area contributed by atoms with Gasteiger partial charge in [-0.25, -0.2) is 0 Å². The highest BCUT2D eigenvalue weighted by Gasteiger charge is 2.44. The number of nitrogens with one attached hydrogen (secondary N) is 1. The van der Waals surface area contributed by atoms with Gasteiger partial charge in [0.1, 0.15) is 24.4 Å². The minimum atomic E-state index is -1.58. The minimum absolute atomic E-state index is 0.186. The summed E-state index contributed by atoms with van der Waals surface area (Å²) >= 11 is 0. The third kappa shape index (κ3) is 53.0. The lowest BCUT2D eigenvalue weighted by molar-refractivity contribution is -0.302. The van der Waals surface area contributed by atoms with Crippen LogP contribution in [0.15, 0.2) is 85.1 Å². The molecule has 0 aromatic carbocycles. The van der Waals surface area contributed by atoms with Crippen LogP contribution in [0.5, 0.6) is 0 Å². The molecule has 494 valence electrons. The Bertz CT molecular complexity index is 1620. The van der Waals surface area contributed by atoms with Crippen LogP contribution in [0.3, 0.4) is 0 Å². The molecule has 9 heteroatoms. The number of allylic oxidation sites excluding steroid dienone is 13. The molecule has 1 fully saturated rings. The van der Waals surface area contributed by atoms with E-state index in [2.05, 4.69) is 92.1 Å². The molecule has 7 unspecified atom stereocenters. The van der Waals surface area contributed by atoms with Gasteiger partial charge in [-0.3, -0.25) is 4.79 Å². The summed E-state index contributed by atoms with van der Waals surface area (Å²) in [5.41, 5.74) is 0. The lowest BCUT2D eigenvalue weighted by atomic mass is 9.99. The van der Waals surface area contributed by atoms with Gasteiger partial charge in [-0.2, -0.15) is 0 Å². The number of amides is 1.